The Hall–Kier alpha value is -1.66. The van der Waals surface area contributed by atoms with Gasteiger partial charge in [0.1, 0.15) is 0 Å². The van der Waals surface area contributed by atoms with Gasteiger partial charge in [0.05, 0.1) is 5.56 Å². The molecule has 112 valence electrons. The van der Waals surface area contributed by atoms with Crippen LogP contribution in [-0.4, -0.2) is 15.5 Å². The smallest absolute Gasteiger partial charge is 0.259 e. The number of carbonyl (C=O) groups excluding carboxylic acids is 1. The predicted octanol–water partition coefficient (Wildman–Crippen LogP) is 4.52. The zero-order valence-corrected chi connectivity index (χ0v) is 14.2. The fourth-order valence-electron chi connectivity index (χ4n) is 2.63. The largest absolute Gasteiger partial charge is 0.346 e. The molecule has 0 aliphatic heterocycles. The summed E-state index contributed by atoms with van der Waals surface area (Å²) in [6.45, 7) is 0.984. The number of carbonyl (C=O) groups is 1. The zero-order chi connectivity index (χ0) is 15.1. The van der Waals surface area contributed by atoms with Gasteiger partial charge in [-0.15, -0.1) is 11.3 Å². The molecule has 4 nitrogen and oxygen atoms in total. The second kappa shape index (κ2) is 5.52. The van der Waals surface area contributed by atoms with Gasteiger partial charge in [0, 0.05) is 39.7 Å². The molecule has 1 N–H and O–H groups in total. The fraction of sp³-hybridized carbons (Fsp3) is 0.250. The van der Waals surface area contributed by atoms with E-state index in [1.54, 1.807) is 6.20 Å². The summed E-state index contributed by atoms with van der Waals surface area (Å²) in [7, 11) is 0. The van der Waals surface area contributed by atoms with Crippen LogP contribution in [0, 0.1) is 5.92 Å². The molecule has 1 saturated carbocycles. The van der Waals surface area contributed by atoms with Crippen LogP contribution in [0.25, 0.3) is 10.9 Å². The van der Waals surface area contributed by atoms with Crippen molar-refractivity contribution < 1.29 is 4.79 Å². The molecule has 2 aromatic heterocycles. The maximum Gasteiger partial charge on any atom is 0.259 e. The number of halogens is 1. The number of aromatic nitrogens is 2. The van der Waals surface area contributed by atoms with E-state index in [4.69, 9.17) is 0 Å². The molecular formula is C16H14BrN3OS. The van der Waals surface area contributed by atoms with Crippen LogP contribution in [0.3, 0.4) is 0 Å². The second-order valence-electron chi connectivity index (χ2n) is 5.59. The number of nitrogens with one attached hydrogen (secondary N) is 1. The van der Waals surface area contributed by atoms with Crippen LogP contribution < -0.4 is 5.32 Å². The topological polar surface area (TPSA) is 46.9 Å². The highest BCUT2D eigenvalue weighted by Gasteiger charge is 2.24. The van der Waals surface area contributed by atoms with Gasteiger partial charge in [-0.25, -0.2) is 4.98 Å². The van der Waals surface area contributed by atoms with Crippen LogP contribution in [0.5, 0.6) is 0 Å². The van der Waals surface area contributed by atoms with Gasteiger partial charge < -0.3 is 4.57 Å². The highest BCUT2D eigenvalue weighted by atomic mass is 79.9. The van der Waals surface area contributed by atoms with Crippen molar-refractivity contribution in [1.29, 1.82) is 0 Å². The Labute approximate surface area is 140 Å². The Morgan fingerprint density at radius 3 is 3.05 bits per heavy atom. The Bertz CT molecular complexity index is 837. The number of anilines is 1. The average molecular weight is 376 g/mol. The van der Waals surface area contributed by atoms with Gasteiger partial charge in [0.15, 0.2) is 5.13 Å². The van der Waals surface area contributed by atoms with E-state index in [1.807, 2.05) is 23.7 Å². The summed E-state index contributed by atoms with van der Waals surface area (Å²) in [6, 6.07) is 6.06. The molecule has 0 atom stereocenters. The van der Waals surface area contributed by atoms with E-state index in [0.29, 0.717) is 10.7 Å². The van der Waals surface area contributed by atoms with Crippen LogP contribution in [0.2, 0.25) is 0 Å². The predicted molar refractivity (Wildman–Crippen MR) is 92.4 cm³/mol. The van der Waals surface area contributed by atoms with Crippen LogP contribution in [0.1, 0.15) is 23.2 Å². The monoisotopic (exact) mass is 375 g/mol. The van der Waals surface area contributed by atoms with Crippen molar-refractivity contribution >= 4 is 49.2 Å². The van der Waals surface area contributed by atoms with Crippen molar-refractivity contribution in [2.24, 2.45) is 5.92 Å². The van der Waals surface area contributed by atoms with Crippen molar-refractivity contribution in [3.63, 3.8) is 0 Å². The molecular weight excluding hydrogens is 362 g/mol. The molecule has 0 bridgehead atoms. The van der Waals surface area contributed by atoms with Gasteiger partial charge in [-0.05, 0) is 30.9 Å². The number of benzene rings is 1. The molecule has 1 aromatic carbocycles. The van der Waals surface area contributed by atoms with Crippen LogP contribution in [0.15, 0.2) is 40.4 Å². The Morgan fingerprint density at radius 2 is 2.32 bits per heavy atom. The number of nitrogens with zero attached hydrogens (tertiary/aromatic N) is 2. The van der Waals surface area contributed by atoms with Crippen LogP contribution in [-0.2, 0) is 6.54 Å². The minimum Gasteiger partial charge on any atom is -0.346 e. The molecule has 4 rings (SSSR count). The van der Waals surface area contributed by atoms with Crippen molar-refractivity contribution in [1.82, 2.24) is 9.55 Å². The van der Waals surface area contributed by atoms with Gasteiger partial charge in [0.2, 0.25) is 0 Å². The molecule has 0 spiro atoms. The van der Waals surface area contributed by atoms with Gasteiger partial charge in [-0.2, -0.15) is 0 Å². The molecule has 0 radical (unpaired) electrons. The number of thiazole rings is 1. The lowest BCUT2D eigenvalue weighted by atomic mass is 10.1. The standard InChI is InChI=1S/C16H14BrN3OS/c17-11-3-4-12-13(15(21)19-16-18-5-6-22-16)9-20(14(12)7-11)8-10-1-2-10/h3-7,9-10H,1-2,8H2,(H,18,19,21). The molecule has 0 saturated heterocycles. The molecule has 2 heterocycles. The van der Waals surface area contributed by atoms with Crippen molar-refractivity contribution in [3.05, 3.63) is 46.0 Å². The van der Waals surface area contributed by atoms with Gasteiger partial charge in [0.25, 0.3) is 5.91 Å². The molecule has 1 fully saturated rings. The summed E-state index contributed by atoms with van der Waals surface area (Å²) >= 11 is 4.94. The number of amides is 1. The first-order chi connectivity index (χ1) is 10.7. The summed E-state index contributed by atoms with van der Waals surface area (Å²) in [6.07, 6.45) is 6.23. The van der Waals surface area contributed by atoms with E-state index >= 15 is 0 Å². The van der Waals surface area contributed by atoms with E-state index in [-0.39, 0.29) is 5.91 Å². The molecule has 0 unspecified atom stereocenters. The first-order valence-corrected chi connectivity index (χ1v) is 8.87. The van der Waals surface area contributed by atoms with E-state index in [1.165, 1.54) is 24.2 Å². The first kappa shape index (κ1) is 14.0. The minimum atomic E-state index is -0.100. The summed E-state index contributed by atoms with van der Waals surface area (Å²) in [4.78, 5) is 16.7. The average Bonchev–Trinajstić information content (AvgIpc) is 3.03. The zero-order valence-electron chi connectivity index (χ0n) is 11.8. The number of hydrogen-bond donors (Lipinski definition) is 1. The lowest BCUT2D eigenvalue weighted by molar-refractivity contribution is 0.102. The van der Waals surface area contributed by atoms with Crippen molar-refractivity contribution in [3.8, 4) is 0 Å². The van der Waals surface area contributed by atoms with E-state index in [9.17, 15) is 4.79 Å². The fourth-order valence-corrected chi connectivity index (χ4v) is 3.50. The number of hydrogen-bond acceptors (Lipinski definition) is 3. The van der Waals surface area contributed by atoms with Crippen LogP contribution in [0.4, 0.5) is 5.13 Å². The van der Waals surface area contributed by atoms with Crippen molar-refractivity contribution in [2.45, 2.75) is 19.4 Å². The van der Waals surface area contributed by atoms with E-state index in [0.717, 1.165) is 27.8 Å². The quantitative estimate of drug-likeness (QED) is 0.728. The third kappa shape index (κ3) is 2.68. The maximum atomic E-state index is 12.6. The molecule has 1 aliphatic rings. The van der Waals surface area contributed by atoms with Gasteiger partial charge in [-0.3, -0.25) is 10.1 Å². The number of rotatable bonds is 4. The highest BCUT2D eigenvalue weighted by Crippen LogP contribution is 2.34. The molecule has 6 heteroatoms. The minimum absolute atomic E-state index is 0.100. The SMILES string of the molecule is O=C(Nc1nccs1)c1cn(CC2CC2)c2cc(Br)ccc12. The normalized spacial score (nSPS) is 14.4. The Balaban J connectivity index is 1.74. The summed E-state index contributed by atoms with van der Waals surface area (Å²) in [5.74, 6) is 0.654. The first-order valence-electron chi connectivity index (χ1n) is 7.20. The maximum absolute atomic E-state index is 12.6. The summed E-state index contributed by atoms with van der Waals surface area (Å²) in [5, 5.41) is 6.33. The summed E-state index contributed by atoms with van der Waals surface area (Å²) in [5.41, 5.74) is 1.81. The third-order valence-corrected chi connectivity index (χ3v) is 5.08. The lowest BCUT2D eigenvalue weighted by Gasteiger charge is -2.03. The summed E-state index contributed by atoms with van der Waals surface area (Å²) < 4.78 is 3.23. The number of fused-ring (bicyclic) bond motifs is 1. The molecule has 1 amide bonds. The Kier molecular flexibility index (Phi) is 3.50. The molecule has 3 aromatic rings. The Morgan fingerprint density at radius 1 is 1.45 bits per heavy atom. The second-order valence-corrected chi connectivity index (χ2v) is 7.40. The lowest BCUT2D eigenvalue weighted by Crippen LogP contribution is -2.11. The highest BCUT2D eigenvalue weighted by molar-refractivity contribution is 9.10. The molecule has 1 aliphatic carbocycles. The van der Waals surface area contributed by atoms with Gasteiger partial charge in [-0.1, -0.05) is 22.0 Å². The van der Waals surface area contributed by atoms with E-state index < -0.39 is 0 Å². The van der Waals surface area contributed by atoms with Gasteiger partial charge >= 0.3 is 0 Å². The molecule has 22 heavy (non-hydrogen) atoms. The van der Waals surface area contributed by atoms with E-state index in [2.05, 4.69) is 36.9 Å². The van der Waals surface area contributed by atoms with Crippen molar-refractivity contribution in [2.75, 3.05) is 5.32 Å². The van der Waals surface area contributed by atoms with Crippen LogP contribution >= 0.6 is 27.3 Å². The third-order valence-electron chi connectivity index (χ3n) is 3.89.